The third kappa shape index (κ3) is 4.44. The molecule has 1 rings (SSSR count). The number of urea groups is 1. The number of carbonyl (C=O) groups excluding carboxylic acids is 1. The molecule has 0 spiro atoms. The van der Waals surface area contributed by atoms with Crippen LogP contribution < -0.4 is 15.4 Å². The Hall–Kier alpha value is -1.75. The number of methoxy groups -OCH3 is 1. The maximum atomic E-state index is 11.8. The van der Waals surface area contributed by atoms with E-state index in [2.05, 4.69) is 10.6 Å². The number of rotatable bonds is 6. The normalized spacial score (nSPS) is 10.9. The van der Waals surface area contributed by atoms with E-state index in [1.165, 1.54) is 0 Å². The predicted molar refractivity (Wildman–Crippen MR) is 75.5 cm³/mol. The topological polar surface area (TPSA) is 70.6 Å². The Morgan fingerprint density at radius 2 is 1.95 bits per heavy atom. The lowest BCUT2D eigenvalue weighted by atomic mass is 9.98. The van der Waals surface area contributed by atoms with Crippen molar-refractivity contribution in [3.05, 3.63) is 24.3 Å². The molecule has 5 heteroatoms. The second-order valence-electron chi connectivity index (χ2n) is 4.44. The highest BCUT2D eigenvalue weighted by molar-refractivity contribution is 5.90. The Morgan fingerprint density at radius 3 is 2.53 bits per heavy atom. The van der Waals surface area contributed by atoms with Crippen molar-refractivity contribution in [1.82, 2.24) is 5.32 Å². The first-order chi connectivity index (χ1) is 9.04. The molecule has 0 fully saturated rings. The number of aliphatic hydroxyl groups is 1. The van der Waals surface area contributed by atoms with Crippen LogP contribution in [0.25, 0.3) is 0 Å². The SMILES string of the molecule is CCC(O)(CC)CNC(=O)Nc1ccccc1OC. The largest absolute Gasteiger partial charge is 0.495 e. The summed E-state index contributed by atoms with van der Waals surface area (Å²) in [6.07, 6.45) is 1.19. The molecule has 19 heavy (non-hydrogen) atoms. The maximum absolute atomic E-state index is 11.8. The van der Waals surface area contributed by atoms with Crippen molar-refractivity contribution in [3.8, 4) is 5.75 Å². The summed E-state index contributed by atoms with van der Waals surface area (Å²) in [6, 6.07) is 6.81. The molecule has 0 bridgehead atoms. The van der Waals surface area contributed by atoms with E-state index < -0.39 is 5.60 Å². The highest BCUT2D eigenvalue weighted by Crippen LogP contribution is 2.22. The van der Waals surface area contributed by atoms with E-state index in [0.717, 1.165) is 0 Å². The Balaban J connectivity index is 2.56. The van der Waals surface area contributed by atoms with E-state index in [-0.39, 0.29) is 12.6 Å². The number of anilines is 1. The van der Waals surface area contributed by atoms with Crippen LogP contribution in [0.2, 0.25) is 0 Å². The van der Waals surface area contributed by atoms with Crippen LogP contribution in [0, 0.1) is 0 Å². The summed E-state index contributed by atoms with van der Waals surface area (Å²) in [4.78, 5) is 11.8. The number of amides is 2. The minimum Gasteiger partial charge on any atom is -0.495 e. The van der Waals surface area contributed by atoms with Crippen LogP contribution in [-0.2, 0) is 0 Å². The van der Waals surface area contributed by atoms with Gasteiger partial charge < -0.3 is 20.5 Å². The molecule has 0 aromatic heterocycles. The fourth-order valence-electron chi connectivity index (χ4n) is 1.66. The van der Waals surface area contributed by atoms with Gasteiger partial charge in [0.1, 0.15) is 5.75 Å². The molecule has 0 atom stereocenters. The van der Waals surface area contributed by atoms with Crippen LogP contribution in [-0.4, -0.2) is 30.4 Å². The molecule has 0 aliphatic rings. The molecule has 0 aliphatic carbocycles. The molecule has 0 heterocycles. The molecule has 0 unspecified atom stereocenters. The third-order valence-electron chi connectivity index (χ3n) is 3.25. The number of nitrogens with one attached hydrogen (secondary N) is 2. The number of hydrogen-bond donors (Lipinski definition) is 3. The van der Waals surface area contributed by atoms with Gasteiger partial charge >= 0.3 is 6.03 Å². The average Bonchev–Trinajstić information content (AvgIpc) is 2.45. The van der Waals surface area contributed by atoms with E-state index in [4.69, 9.17) is 4.74 Å². The molecule has 5 nitrogen and oxygen atoms in total. The molecule has 106 valence electrons. The summed E-state index contributed by atoms with van der Waals surface area (Å²) in [7, 11) is 1.55. The number of benzene rings is 1. The minimum atomic E-state index is -0.849. The summed E-state index contributed by atoms with van der Waals surface area (Å²) < 4.78 is 5.14. The monoisotopic (exact) mass is 266 g/mol. The van der Waals surface area contributed by atoms with E-state index in [1.807, 2.05) is 26.0 Å². The zero-order valence-electron chi connectivity index (χ0n) is 11.7. The lowest BCUT2D eigenvalue weighted by molar-refractivity contribution is 0.0354. The number of carbonyl (C=O) groups is 1. The smallest absolute Gasteiger partial charge is 0.319 e. The molecular weight excluding hydrogens is 244 g/mol. The van der Waals surface area contributed by atoms with Gasteiger partial charge in [0.05, 0.1) is 18.4 Å². The van der Waals surface area contributed by atoms with Gasteiger partial charge in [-0.1, -0.05) is 26.0 Å². The van der Waals surface area contributed by atoms with Crippen LogP contribution in [0.5, 0.6) is 5.75 Å². The van der Waals surface area contributed by atoms with Crippen molar-refractivity contribution >= 4 is 11.7 Å². The average molecular weight is 266 g/mol. The Morgan fingerprint density at radius 1 is 1.32 bits per heavy atom. The second-order valence-corrected chi connectivity index (χ2v) is 4.44. The van der Waals surface area contributed by atoms with Gasteiger partial charge in [-0.05, 0) is 25.0 Å². The molecule has 3 N–H and O–H groups in total. The van der Waals surface area contributed by atoms with Gasteiger partial charge in [-0.15, -0.1) is 0 Å². The second kappa shape index (κ2) is 6.99. The fourth-order valence-corrected chi connectivity index (χ4v) is 1.66. The van der Waals surface area contributed by atoms with Gasteiger partial charge in [0, 0.05) is 6.54 Å². The van der Waals surface area contributed by atoms with Gasteiger partial charge in [-0.25, -0.2) is 4.79 Å². The van der Waals surface area contributed by atoms with Crippen molar-refractivity contribution < 1.29 is 14.6 Å². The van der Waals surface area contributed by atoms with E-state index in [0.29, 0.717) is 24.3 Å². The molecule has 0 aliphatic heterocycles. The van der Waals surface area contributed by atoms with E-state index in [9.17, 15) is 9.90 Å². The summed E-state index contributed by atoms with van der Waals surface area (Å²) in [5.74, 6) is 0.596. The Bertz CT molecular complexity index is 417. The quantitative estimate of drug-likeness (QED) is 0.740. The van der Waals surface area contributed by atoms with Gasteiger partial charge in [0.25, 0.3) is 0 Å². The lowest BCUT2D eigenvalue weighted by Crippen LogP contribution is -2.43. The fraction of sp³-hybridized carbons (Fsp3) is 0.500. The first-order valence-electron chi connectivity index (χ1n) is 6.45. The van der Waals surface area contributed by atoms with Crippen molar-refractivity contribution in [1.29, 1.82) is 0 Å². The van der Waals surface area contributed by atoms with Crippen molar-refractivity contribution in [2.24, 2.45) is 0 Å². The standard InChI is InChI=1S/C14H22N2O3/c1-4-14(18,5-2)10-15-13(17)16-11-8-6-7-9-12(11)19-3/h6-9,18H,4-5,10H2,1-3H3,(H2,15,16,17). The molecule has 0 saturated carbocycles. The predicted octanol–water partition coefficient (Wildman–Crippen LogP) is 2.37. The van der Waals surface area contributed by atoms with Crippen LogP contribution in [0.15, 0.2) is 24.3 Å². The number of ether oxygens (including phenoxy) is 1. The molecule has 1 aromatic rings. The molecular formula is C14H22N2O3. The van der Waals surface area contributed by atoms with Crippen molar-refractivity contribution in [3.63, 3.8) is 0 Å². The third-order valence-corrected chi connectivity index (χ3v) is 3.25. The van der Waals surface area contributed by atoms with Crippen molar-refractivity contribution in [2.45, 2.75) is 32.3 Å². The van der Waals surface area contributed by atoms with E-state index in [1.54, 1.807) is 19.2 Å². The molecule has 2 amide bonds. The zero-order chi connectivity index (χ0) is 14.3. The van der Waals surface area contributed by atoms with Gasteiger partial charge in [0.15, 0.2) is 0 Å². The molecule has 0 saturated heterocycles. The van der Waals surface area contributed by atoms with E-state index >= 15 is 0 Å². The first-order valence-corrected chi connectivity index (χ1v) is 6.45. The Kier molecular flexibility index (Phi) is 5.63. The summed E-state index contributed by atoms with van der Waals surface area (Å²) >= 11 is 0. The number of hydrogen-bond acceptors (Lipinski definition) is 3. The van der Waals surface area contributed by atoms with Gasteiger partial charge in [-0.3, -0.25) is 0 Å². The summed E-state index contributed by atoms with van der Waals surface area (Å²) in [5.41, 5.74) is -0.253. The first kappa shape index (κ1) is 15.3. The zero-order valence-corrected chi connectivity index (χ0v) is 11.7. The molecule has 0 radical (unpaired) electrons. The van der Waals surface area contributed by atoms with Crippen LogP contribution in [0.3, 0.4) is 0 Å². The highest BCUT2D eigenvalue weighted by Gasteiger charge is 2.22. The van der Waals surface area contributed by atoms with Gasteiger partial charge in [-0.2, -0.15) is 0 Å². The summed E-state index contributed by atoms with van der Waals surface area (Å²) in [6.45, 7) is 4.01. The lowest BCUT2D eigenvalue weighted by Gasteiger charge is -2.25. The highest BCUT2D eigenvalue weighted by atomic mass is 16.5. The summed E-state index contributed by atoms with van der Waals surface area (Å²) in [5, 5.41) is 15.4. The molecule has 1 aromatic carbocycles. The van der Waals surface area contributed by atoms with Crippen LogP contribution >= 0.6 is 0 Å². The maximum Gasteiger partial charge on any atom is 0.319 e. The van der Waals surface area contributed by atoms with Crippen LogP contribution in [0.4, 0.5) is 10.5 Å². The minimum absolute atomic E-state index is 0.223. The van der Waals surface area contributed by atoms with Crippen LogP contribution in [0.1, 0.15) is 26.7 Å². The Labute approximate surface area is 114 Å². The van der Waals surface area contributed by atoms with Gasteiger partial charge in [0.2, 0.25) is 0 Å². The van der Waals surface area contributed by atoms with Crippen molar-refractivity contribution in [2.75, 3.05) is 19.0 Å². The number of para-hydroxylation sites is 2.